The summed E-state index contributed by atoms with van der Waals surface area (Å²) < 4.78 is 38.3. The van der Waals surface area contributed by atoms with E-state index >= 15 is 0 Å². The summed E-state index contributed by atoms with van der Waals surface area (Å²) in [5.41, 5.74) is -0.257. The van der Waals surface area contributed by atoms with Gasteiger partial charge < -0.3 is 10.2 Å². The summed E-state index contributed by atoms with van der Waals surface area (Å²) in [7, 11) is 0. The largest absolute Gasteiger partial charge is 0.481 e. The van der Waals surface area contributed by atoms with E-state index in [4.69, 9.17) is 5.11 Å². The Morgan fingerprint density at radius 3 is 2.31 bits per heavy atom. The van der Waals surface area contributed by atoms with Gasteiger partial charge >= 0.3 is 5.97 Å². The van der Waals surface area contributed by atoms with Gasteiger partial charge in [-0.25, -0.2) is 13.2 Å². The molecular formula is C10H9F3O3. The van der Waals surface area contributed by atoms with E-state index in [9.17, 15) is 23.1 Å². The molecule has 0 bridgehead atoms. The molecular weight excluding hydrogens is 225 g/mol. The molecule has 0 amide bonds. The molecule has 0 aromatic heterocycles. The first kappa shape index (κ1) is 12.5. The second kappa shape index (κ2) is 4.98. The summed E-state index contributed by atoms with van der Waals surface area (Å²) in [6, 6.07) is 0.966. The standard InChI is InChI=1S/C10H9F3O3/c11-7-4-9(13)8(12)2-5(7)1-6(14)3-10(15)16/h2,4,6,14H,1,3H2,(H,15,16)/t6-/m0/s1. The van der Waals surface area contributed by atoms with Crippen LogP contribution in [0.2, 0.25) is 0 Å². The molecule has 0 heterocycles. The maximum Gasteiger partial charge on any atom is 0.305 e. The lowest BCUT2D eigenvalue weighted by Gasteiger charge is -2.09. The Kier molecular flexibility index (Phi) is 3.89. The molecule has 0 saturated heterocycles. The van der Waals surface area contributed by atoms with Crippen molar-refractivity contribution in [3.05, 3.63) is 35.1 Å². The van der Waals surface area contributed by atoms with Gasteiger partial charge in [0.15, 0.2) is 11.6 Å². The average Bonchev–Trinajstić information content (AvgIpc) is 2.12. The highest BCUT2D eigenvalue weighted by atomic mass is 19.2. The molecule has 1 rings (SSSR count). The first-order chi connectivity index (χ1) is 7.40. The van der Waals surface area contributed by atoms with Gasteiger partial charge in [0.25, 0.3) is 0 Å². The normalized spacial score (nSPS) is 12.5. The second-order valence-corrected chi connectivity index (χ2v) is 3.31. The lowest BCUT2D eigenvalue weighted by atomic mass is 10.0. The lowest BCUT2D eigenvalue weighted by molar-refractivity contribution is -0.139. The molecule has 6 heteroatoms. The maximum absolute atomic E-state index is 13.1. The summed E-state index contributed by atoms with van der Waals surface area (Å²) >= 11 is 0. The van der Waals surface area contributed by atoms with Crippen LogP contribution in [0, 0.1) is 17.5 Å². The van der Waals surface area contributed by atoms with E-state index in [1.165, 1.54) is 0 Å². The third kappa shape index (κ3) is 3.23. The number of carboxylic acids is 1. The minimum absolute atomic E-state index is 0.257. The highest BCUT2D eigenvalue weighted by Gasteiger charge is 2.15. The zero-order valence-corrected chi connectivity index (χ0v) is 8.08. The number of carbonyl (C=O) groups is 1. The third-order valence-electron chi connectivity index (χ3n) is 1.96. The number of aliphatic hydroxyl groups excluding tert-OH is 1. The van der Waals surface area contributed by atoms with E-state index < -0.39 is 35.9 Å². The van der Waals surface area contributed by atoms with E-state index in [2.05, 4.69) is 0 Å². The fourth-order valence-electron chi connectivity index (χ4n) is 1.25. The van der Waals surface area contributed by atoms with Crippen LogP contribution in [0.15, 0.2) is 12.1 Å². The van der Waals surface area contributed by atoms with Crippen molar-refractivity contribution in [3.63, 3.8) is 0 Å². The molecule has 1 aromatic carbocycles. The fourth-order valence-corrected chi connectivity index (χ4v) is 1.25. The molecule has 0 aliphatic rings. The number of hydrogen-bond donors (Lipinski definition) is 2. The zero-order valence-electron chi connectivity index (χ0n) is 8.08. The van der Waals surface area contributed by atoms with Crippen LogP contribution in [0.3, 0.4) is 0 Å². The number of carboxylic acid groups (broad SMARTS) is 1. The maximum atomic E-state index is 13.1. The molecule has 0 fully saturated rings. The molecule has 0 radical (unpaired) electrons. The van der Waals surface area contributed by atoms with Crippen molar-refractivity contribution in [2.24, 2.45) is 0 Å². The van der Waals surface area contributed by atoms with E-state index in [1.54, 1.807) is 0 Å². The van der Waals surface area contributed by atoms with Crippen molar-refractivity contribution in [1.82, 2.24) is 0 Å². The summed E-state index contributed by atoms with van der Waals surface area (Å²) in [5.74, 6) is -4.83. The molecule has 0 aliphatic heterocycles. The van der Waals surface area contributed by atoms with Crippen LogP contribution in [0.4, 0.5) is 13.2 Å². The molecule has 0 aliphatic carbocycles. The van der Waals surface area contributed by atoms with Crippen LogP contribution in [-0.4, -0.2) is 22.3 Å². The monoisotopic (exact) mass is 234 g/mol. The number of rotatable bonds is 4. The molecule has 2 N–H and O–H groups in total. The predicted octanol–water partition coefficient (Wildman–Crippen LogP) is 1.48. The van der Waals surface area contributed by atoms with Crippen molar-refractivity contribution in [2.75, 3.05) is 0 Å². The predicted molar refractivity (Wildman–Crippen MR) is 48.3 cm³/mol. The van der Waals surface area contributed by atoms with Gasteiger partial charge in [-0.3, -0.25) is 4.79 Å². The molecule has 0 saturated carbocycles. The van der Waals surface area contributed by atoms with Crippen molar-refractivity contribution in [3.8, 4) is 0 Å². The quantitative estimate of drug-likeness (QED) is 0.776. The average molecular weight is 234 g/mol. The minimum atomic E-state index is -1.34. The molecule has 0 spiro atoms. The van der Waals surface area contributed by atoms with E-state index in [1.807, 2.05) is 0 Å². The molecule has 88 valence electrons. The van der Waals surface area contributed by atoms with Gasteiger partial charge in [0.05, 0.1) is 12.5 Å². The SMILES string of the molecule is O=C(O)C[C@@H](O)Cc1cc(F)c(F)cc1F. The van der Waals surface area contributed by atoms with Crippen LogP contribution < -0.4 is 0 Å². The molecule has 16 heavy (non-hydrogen) atoms. The third-order valence-corrected chi connectivity index (χ3v) is 1.96. The highest BCUT2D eigenvalue weighted by Crippen LogP contribution is 2.16. The first-order valence-corrected chi connectivity index (χ1v) is 4.43. The van der Waals surface area contributed by atoms with Gasteiger partial charge in [0, 0.05) is 12.5 Å². The van der Waals surface area contributed by atoms with Gasteiger partial charge in [0.1, 0.15) is 5.82 Å². The van der Waals surface area contributed by atoms with Crippen LogP contribution in [0.5, 0.6) is 0 Å². The summed E-state index contributed by atoms with van der Waals surface area (Å²) in [6.45, 7) is 0. The van der Waals surface area contributed by atoms with Gasteiger partial charge in [-0.15, -0.1) is 0 Å². The van der Waals surface area contributed by atoms with Crippen molar-refractivity contribution >= 4 is 5.97 Å². The van der Waals surface area contributed by atoms with Crippen LogP contribution >= 0.6 is 0 Å². The number of aliphatic hydroxyl groups is 1. The van der Waals surface area contributed by atoms with Crippen LogP contribution in [0.25, 0.3) is 0 Å². The van der Waals surface area contributed by atoms with E-state index in [0.29, 0.717) is 12.1 Å². The molecule has 3 nitrogen and oxygen atoms in total. The Labute approximate surface area is 89.1 Å². The second-order valence-electron chi connectivity index (χ2n) is 3.31. The first-order valence-electron chi connectivity index (χ1n) is 4.43. The Hall–Kier alpha value is -1.56. The molecule has 1 atom stereocenters. The Balaban J connectivity index is 2.81. The molecule has 1 aromatic rings. The Bertz CT molecular complexity index is 407. The van der Waals surface area contributed by atoms with Crippen LogP contribution in [0.1, 0.15) is 12.0 Å². The molecule has 0 unspecified atom stereocenters. The summed E-state index contributed by atoms with van der Waals surface area (Å²) in [4.78, 5) is 10.2. The van der Waals surface area contributed by atoms with Gasteiger partial charge in [-0.05, 0) is 11.6 Å². The highest BCUT2D eigenvalue weighted by molar-refractivity contribution is 5.67. The number of hydrogen-bond acceptors (Lipinski definition) is 2. The van der Waals surface area contributed by atoms with Crippen LogP contribution in [-0.2, 0) is 11.2 Å². The van der Waals surface area contributed by atoms with Gasteiger partial charge in [-0.2, -0.15) is 0 Å². The summed E-state index contributed by atoms with van der Waals surface area (Å²) in [5, 5.41) is 17.5. The summed E-state index contributed by atoms with van der Waals surface area (Å²) in [6.07, 6.45) is -2.30. The minimum Gasteiger partial charge on any atom is -0.481 e. The number of benzene rings is 1. The van der Waals surface area contributed by atoms with Gasteiger partial charge in [-0.1, -0.05) is 0 Å². The Morgan fingerprint density at radius 2 is 1.75 bits per heavy atom. The zero-order chi connectivity index (χ0) is 12.3. The van der Waals surface area contributed by atoms with Crippen molar-refractivity contribution in [2.45, 2.75) is 18.9 Å². The lowest BCUT2D eigenvalue weighted by Crippen LogP contribution is -2.16. The van der Waals surface area contributed by atoms with Crippen molar-refractivity contribution < 1.29 is 28.2 Å². The smallest absolute Gasteiger partial charge is 0.305 e. The Morgan fingerprint density at radius 1 is 1.19 bits per heavy atom. The number of halogens is 3. The number of aliphatic carboxylic acids is 1. The fraction of sp³-hybridized carbons (Fsp3) is 0.300. The topological polar surface area (TPSA) is 57.5 Å². The van der Waals surface area contributed by atoms with E-state index in [0.717, 1.165) is 0 Å². The van der Waals surface area contributed by atoms with E-state index in [-0.39, 0.29) is 12.0 Å². The van der Waals surface area contributed by atoms with Crippen molar-refractivity contribution in [1.29, 1.82) is 0 Å². The van der Waals surface area contributed by atoms with Gasteiger partial charge in [0.2, 0.25) is 0 Å².